The fourth-order valence-electron chi connectivity index (χ4n) is 3.87. The Labute approximate surface area is 242 Å². The zero-order valence-corrected chi connectivity index (χ0v) is 24.3. The van der Waals surface area contributed by atoms with Crippen molar-refractivity contribution >= 4 is 79.4 Å². The summed E-state index contributed by atoms with van der Waals surface area (Å²) in [4.78, 5) is 17.1. The lowest BCUT2D eigenvalue weighted by molar-refractivity contribution is -0.126. The van der Waals surface area contributed by atoms with Crippen LogP contribution in [0, 0.1) is 14.9 Å². The van der Waals surface area contributed by atoms with Gasteiger partial charge in [0.1, 0.15) is 24.0 Å². The van der Waals surface area contributed by atoms with Gasteiger partial charge in [0.2, 0.25) is 0 Å². The number of hydrogen-bond acceptors (Lipinski definition) is 4. The molecule has 5 nitrogen and oxygen atoms in total. The van der Waals surface area contributed by atoms with Crippen molar-refractivity contribution in [2.75, 3.05) is 31.1 Å². The highest BCUT2D eigenvalue weighted by molar-refractivity contribution is 14.1. The maximum absolute atomic E-state index is 13.1. The van der Waals surface area contributed by atoms with Crippen LogP contribution in [0.2, 0.25) is 10.0 Å². The smallest absolute Gasteiger partial charge is 0.264 e. The van der Waals surface area contributed by atoms with Gasteiger partial charge in [0.05, 0.1) is 18.1 Å². The molecule has 0 N–H and O–H groups in total. The summed E-state index contributed by atoms with van der Waals surface area (Å²) in [6.07, 6.45) is 1.63. The summed E-state index contributed by atoms with van der Waals surface area (Å²) in [6, 6.07) is 21.3. The molecule has 0 radical (unpaired) electrons. The van der Waals surface area contributed by atoms with Crippen molar-refractivity contribution in [1.82, 2.24) is 4.90 Å². The van der Waals surface area contributed by atoms with Gasteiger partial charge in [0, 0.05) is 31.9 Å². The Morgan fingerprint density at radius 1 is 1.06 bits per heavy atom. The van der Waals surface area contributed by atoms with Gasteiger partial charge in [-0.2, -0.15) is 5.26 Å². The molecule has 1 fully saturated rings. The summed E-state index contributed by atoms with van der Waals surface area (Å²) in [7, 11) is 0. The molecule has 0 atom stereocenters. The molecule has 0 saturated carbocycles. The lowest BCUT2D eigenvalue weighted by atomic mass is 10.1. The standard InChI is InChI=1S/C27H21BrCl2IN3O2/c28-22-13-19(15-25(31)26(22)36-17-18-6-7-23(29)24(30)14-18)12-20(16-32)27(35)34-10-8-33(9-11-34)21-4-2-1-3-5-21/h1-7,12-15H,8-11,17H2/b20-12-. The quantitative estimate of drug-likeness (QED) is 0.156. The maximum Gasteiger partial charge on any atom is 0.264 e. The molecule has 36 heavy (non-hydrogen) atoms. The van der Waals surface area contributed by atoms with Crippen LogP contribution in [0.15, 0.2) is 70.7 Å². The summed E-state index contributed by atoms with van der Waals surface area (Å²) < 4.78 is 7.57. The fourth-order valence-corrected chi connectivity index (χ4v) is 5.96. The predicted molar refractivity (Wildman–Crippen MR) is 156 cm³/mol. The van der Waals surface area contributed by atoms with Gasteiger partial charge >= 0.3 is 0 Å². The Kier molecular flexibility index (Phi) is 9.18. The molecule has 0 unspecified atom stereocenters. The first-order chi connectivity index (χ1) is 17.4. The molecule has 3 aromatic rings. The van der Waals surface area contributed by atoms with Crippen LogP contribution in [0.5, 0.6) is 5.75 Å². The SMILES string of the molecule is N#C/C(=C/c1cc(Br)c(OCc2ccc(Cl)c(Cl)c2)c(I)c1)C(=O)N1CCN(c2ccccc2)CC1. The zero-order valence-electron chi connectivity index (χ0n) is 19.1. The largest absolute Gasteiger partial charge is 0.487 e. The van der Waals surface area contributed by atoms with Crippen molar-refractivity contribution in [1.29, 1.82) is 5.26 Å². The van der Waals surface area contributed by atoms with Gasteiger partial charge < -0.3 is 14.5 Å². The number of carbonyl (C=O) groups excluding carboxylic acids is 1. The minimum atomic E-state index is -0.253. The number of ether oxygens (including phenoxy) is 1. The maximum atomic E-state index is 13.1. The van der Waals surface area contributed by atoms with Gasteiger partial charge in [0.25, 0.3) is 5.91 Å². The molecule has 0 aliphatic carbocycles. The summed E-state index contributed by atoms with van der Waals surface area (Å²) in [5.74, 6) is 0.414. The molecule has 1 amide bonds. The topological polar surface area (TPSA) is 56.6 Å². The second-order valence-corrected chi connectivity index (χ2v) is 11.0. The third-order valence-electron chi connectivity index (χ3n) is 5.74. The predicted octanol–water partition coefficient (Wildman–Crippen LogP) is 7.20. The summed E-state index contributed by atoms with van der Waals surface area (Å²) in [5, 5.41) is 10.7. The highest BCUT2D eigenvalue weighted by Gasteiger charge is 2.24. The van der Waals surface area contributed by atoms with E-state index in [1.54, 1.807) is 23.1 Å². The number of nitrogens with zero attached hydrogens (tertiary/aromatic N) is 3. The third kappa shape index (κ3) is 6.54. The van der Waals surface area contributed by atoms with E-state index >= 15 is 0 Å². The molecule has 1 aliphatic heterocycles. The van der Waals surface area contributed by atoms with Crippen molar-refractivity contribution in [2.45, 2.75) is 6.61 Å². The van der Waals surface area contributed by atoms with Crippen molar-refractivity contribution in [3.8, 4) is 11.8 Å². The highest BCUT2D eigenvalue weighted by Crippen LogP contribution is 2.34. The molecule has 1 heterocycles. The van der Waals surface area contributed by atoms with Crippen molar-refractivity contribution in [2.24, 2.45) is 0 Å². The fraction of sp³-hybridized carbons (Fsp3) is 0.185. The van der Waals surface area contributed by atoms with Crippen LogP contribution in [0.3, 0.4) is 0 Å². The normalized spacial score (nSPS) is 13.9. The van der Waals surface area contributed by atoms with E-state index in [4.69, 9.17) is 27.9 Å². The van der Waals surface area contributed by atoms with E-state index in [1.165, 1.54) is 0 Å². The Morgan fingerprint density at radius 3 is 2.42 bits per heavy atom. The van der Waals surface area contributed by atoms with E-state index < -0.39 is 0 Å². The molecule has 9 heteroatoms. The van der Waals surface area contributed by atoms with E-state index in [9.17, 15) is 10.1 Å². The van der Waals surface area contributed by atoms with Gasteiger partial charge in [0.15, 0.2) is 0 Å². The molecule has 0 bridgehead atoms. The zero-order chi connectivity index (χ0) is 25.7. The first kappa shape index (κ1) is 26.8. The molecular weight excluding hydrogens is 676 g/mol. The van der Waals surface area contributed by atoms with E-state index in [2.05, 4.69) is 61.6 Å². The Bertz CT molecular complexity index is 1310. The molecule has 1 aliphatic rings. The van der Waals surface area contributed by atoms with Crippen molar-refractivity contribution in [3.63, 3.8) is 0 Å². The number of halogens is 4. The van der Waals surface area contributed by atoms with E-state index in [-0.39, 0.29) is 11.5 Å². The highest BCUT2D eigenvalue weighted by atomic mass is 127. The van der Waals surface area contributed by atoms with Crippen LogP contribution in [-0.4, -0.2) is 37.0 Å². The second kappa shape index (κ2) is 12.3. The molecule has 0 aromatic heterocycles. The Balaban J connectivity index is 1.43. The summed E-state index contributed by atoms with van der Waals surface area (Å²) in [6.45, 7) is 2.90. The van der Waals surface area contributed by atoms with E-state index in [0.717, 1.165) is 37.9 Å². The van der Waals surface area contributed by atoms with Crippen LogP contribution in [-0.2, 0) is 11.4 Å². The number of amides is 1. The lowest BCUT2D eigenvalue weighted by Gasteiger charge is -2.36. The molecule has 3 aromatic carbocycles. The Morgan fingerprint density at radius 2 is 1.78 bits per heavy atom. The van der Waals surface area contributed by atoms with Gasteiger partial charge in [-0.25, -0.2) is 0 Å². The molecule has 1 saturated heterocycles. The van der Waals surface area contributed by atoms with E-state index in [1.807, 2.05) is 36.4 Å². The number of rotatable bonds is 6. The van der Waals surface area contributed by atoms with Crippen molar-refractivity contribution in [3.05, 3.63) is 95.5 Å². The molecule has 184 valence electrons. The molecular formula is C27H21BrCl2IN3O2. The number of anilines is 1. The minimum Gasteiger partial charge on any atom is -0.487 e. The van der Waals surface area contributed by atoms with Gasteiger partial charge in [-0.3, -0.25) is 4.79 Å². The van der Waals surface area contributed by atoms with Gasteiger partial charge in [-0.05, 0) is 92.1 Å². The monoisotopic (exact) mass is 695 g/mol. The first-order valence-electron chi connectivity index (χ1n) is 11.1. The van der Waals surface area contributed by atoms with Crippen LogP contribution in [0.25, 0.3) is 6.08 Å². The summed E-state index contributed by atoms with van der Waals surface area (Å²) >= 11 is 17.8. The van der Waals surface area contributed by atoms with Gasteiger partial charge in [-0.1, -0.05) is 47.5 Å². The van der Waals surface area contributed by atoms with Crippen molar-refractivity contribution < 1.29 is 9.53 Å². The lowest BCUT2D eigenvalue weighted by Crippen LogP contribution is -2.49. The van der Waals surface area contributed by atoms with Crippen LogP contribution >= 0.6 is 61.7 Å². The number of nitriles is 1. The van der Waals surface area contributed by atoms with Crippen LogP contribution in [0.1, 0.15) is 11.1 Å². The Hall–Kier alpha value is -2.25. The first-order valence-corrected chi connectivity index (χ1v) is 13.8. The molecule has 0 spiro atoms. The van der Waals surface area contributed by atoms with Crippen LogP contribution < -0.4 is 9.64 Å². The minimum absolute atomic E-state index is 0.107. The number of piperazine rings is 1. The average molecular weight is 697 g/mol. The van der Waals surface area contributed by atoms with E-state index in [0.29, 0.717) is 35.5 Å². The number of benzene rings is 3. The average Bonchev–Trinajstić information content (AvgIpc) is 2.89. The number of para-hydroxylation sites is 1. The third-order valence-corrected chi connectivity index (χ3v) is 7.87. The van der Waals surface area contributed by atoms with Gasteiger partial charge in [-0.15, -0.1) is 0 Å². The summed E-state index contributed by atoms with van der Waals surface area (Å²) in [5.41, 5.74) is 2.87. The molecule has 4 rings (SSSR count). The van der Waals surface area contributed by atoms with Crippen LogP contribution in [0.4, 0.5) is 5.69 Å². The number of carbonyl (C=O) groups is 1. The number of hydrogen-bond donors (Lipinski definition) is 0. The second-order valence-electron chi connectivity index (χ2n) is 8.14.